The fraction of sp³-hybridized carbons (Fsp3) is 0.391. The molecule has 2 heterocycles. The Morgan fingerprint density at radius 2 is 1.69 bits per heavy atom. The van der Waals surface area contributed by atoms with Gasteiger partial charge in [-0.05, 0) is 36.2 Å². The van der Waals surface area contributed by atoms with E-state index in [4.69, 9.17) is 14.2 Å². The molecule has 4 rings (SSSR count). The minimum absolute atomic E-state index is 0.309. The molecule has 1 N–H and O–H groups in total. The minimum Gasteiger partial charge on any atom is -0.507 e. The van der Waals surface area contributed by atoms with Gasteiger partial charge in [0.05, 0.1) is 7.11 Å². The van der Waals surface area contributed by atoms with Crippen molar-refractivity contribution in [1.82, 2.24) is 9.80 Å². The van der Waals surface area contributed by atoms with Gasteiger partial charge in [-0.15, -0.1) is 6.58 Å². The second kappa shape index (κ2) is 8.76. The summed E-state index contributed by atoms with van der Waals surface area (Å²) in [5, 5.41) is 10.6. The van der Waals surface area contributed by atoms with E-state index in [1.807, 2.05) is 18.2 Å². The van der Waals surface area contributed by atoms with E-state index in [0.717, 1.165) is 61.1 Å². The highest BCUT2D eigenvalue weighted by Gasteiger charge is 2.20. The van der Waals surface area contributed by atoms with Crippen LogP contribution < -0.4 is 14.2 Å². The van der Waals surface area contributed by atoms with Crippen molar-refractivity contribution < 1.29 is 19.3 Å². The highest BCUT2D eigenvalue weighted by molar-refractivity contribution is 5.47. The van der Waals surface area contributed by atoms with E-state index in [0.29, 0.717) is 25.5 Å². The first-order valence-electron chi connectivity index (χ1n) is 9.99. The van der Waals surface area contributed by atoms with Crippen molar-refractivity contribution in [3.05, 3.63) is 59.7 Å². The van der Waals surface area contributed by atoms with Crippen molar-refractivity contribution in [2.45, 2.75) is 19.5 Å². The van der Waals surface area contributed by atoms with Gasteiger partial charge in [-0.1, -0.05) is 12.1 Å². The van der Waals surface area contributed by atoms with Crippen molar-refractivity contribution in [3.63, 3.8) is 0 Å². The first kappa shape index (κ1) is 19.6. The van der Waals surface area contributed by atoms with E-state index in [2.05, 4.69) is 28.5 Å². The molecule has 1 fully saturated rings. The molecule has 0 aliphatic carbocycles. The second-order valence-corrected chi connectivity index (χ2v) is 7.53. The fourth-order valence-corrected chi connectivity index (χ4v) is 3.92. The maximum atomic E-state index is 10.6. The fourth-order valence-electron chi connectivity index (χ4n) is 3.92. The molecule has 154 valence electrons. The molecular formula is C23H28N2O4. The molecule has 2 aromatic rings. The number of hydrogen-bond donors (Lipinski definition) is 1. The van der Waals surface area contributed by atoms with E-state index >= 15 is 0 Å². The third-order valence-corrected chi connectivity index (χ3v) is 5.54. The minimum atomic E-state index is 0.309. The van der Waals surface area contributed by atoms with Gasteiger partial charge in [0, 0.05) is 50.4 Å². The van der Waals surface area contributed by atoms with Gasteiger partial charge in [-0.3, -0.25) is 9.80 Å². The molecule has 1 saturated heterocycles. The summed E-state index contributed by atoms with van der Waals surface area (Å²) in [6, 6.07) is 9.98. The monoisotopic (exact) mass is 396 g/mol. The lowest BCUT2D eigenvalue weighted by atomic mass is 10.0. The van der Waals surface area contributed by atoms with Gasteiger partial charge in [0.25, 0.3) is 0 Å². The van der Waals surface area contributed by atoms with Crippen molar-refractivity contribution in [2.75, 3.05) is 40.1 Å². The Morgan fingerprint density at radius 3 is 2.41 bits per heavy atom. The Kier molecular flexibility index (Phi) is 5.92. The molecule has 29 heavy (non-hydrogen) atoms. The van der Waals surface area contributed by atoms with Crippen LogP contribution in [0.15, 0.2) is 43.0 Å². The van der Waals surface area contributed by atoms with Crippen LogP contribution in [0, 0.1) is 0 Å². The molecule has 0 aromatic heterocycles. The van der Waals surface area contributed by atoms with Gasteiger partial charge in [0.1, 0.15) is 11.5 Å². The van der Waals surface area contributed by atoms with Crippen LogP contribution in [0.5, 0.6) is 23.0 Å². The topological polar surface area (TPSA) is 54.4 Å². The number of aromatic hydroxyl groups is 1. The van der Waals surface area contributed by atoms with Gasteiger partial charge < -0.3 is 19.3 Å². The Hall–Kier alpha value is -2.70. The summed E-state index contributed by atoms with van der Waals surface area (Å²) in [5.74, 6) is 2.79. The van der Waals surface area contributed by atoms with Crippen molar-refractivity contribution >= 4 is 0 Å². The van der Waals surface area contributed by atoms with Crippen LogP contribution in [-0.4, -0.2) is 55.0 Å². The predicted molar refractivity (Wildman–Crippen MR) is 112 cm³/mol. The lowest BCUT2D eigenvalue weighted by Gasteiger charge is -2.35. The Bertz CT molecular complexity index is 875. The molecule has 6 heteroatoms. The molecule has 2 aromatic carbocycles. The number of allylic oxidation sites excluding steroid dienone is 1. The molecule has 0 atom stereocenters. The molecule has 2 aliphatic rings. The average molecular weight is 396 g/mol. The van der Waals surface area contributed by atoms with Gasteiger partial charge in [-0.25, -0.2) is 0 Å². The van der Waals surface area contributed by atoms with Crippen LogP contribution in [0.4, 0.5) is 0 Å². The van der Waals surface area contributed by atoms with Crippen LogP contribution in [0.2, 0.25) is 0 Å². The first-order chi connectivity index (χ1) is 14.2. The van der Waals surface area contributed by atoms with E-state index < -0.39 is 0 Å². The summed E-state index contributed by atoms with van der Waals surface area (Å²) < 4.78 is 16.3. The predicted octanol–water partition coefficient (Wildman–Crippen LogP) is 3.18. The molecule has 0 bridgehead atoms. The van der Waals surface area contributed by atoms with E-state index in [-0.39, 0.29) is 0 Å². The SMILES string of the molecule is C=CCc1cc(OC)cc(CN2CCN(Cc3ccc4c(c3)OCO4)CC2)c1O. The first-order valence-corrected chi connectivity index (χ1v) is 9.99. The van der Waals surface area contributed by atoms with Crippen LogP contribution >= 0.6 is 0 Å². The lowest BCUT2D eigenvalue weighted by Crippen LogP contribution is -2.45. The highest BCUT2D eigenvalue weighted by atomic mass is 16.7. The normalized spacial score (nSPS) is 16.7. The standard InChI is InChI=1S/C23H28N2O4/c1-3-4-18-12-20(27-2)13-19(23(18)26)15-25-9-7-24(8-10-25)14-17-5-6-21-22(11-17)29-16-28-21/h3,5-6,11-13,26H,1,4,7-10,14-16H2,2H3. The molecule has 2 aliphatic heterocycles. The summed E-state index contributed by atoms with van der Waals surface area (Å²) in [6.45, 7) is 9.58. The molecule has 0 unspecified atom stereocenters. The maximum absolute atomic E-state index is 10.6. The van der Waals surface area contributed by atoms with Gasteiger partial charge in [0.15, 0.2) is 11.5 Å². The Morgan fingerprint density at radius 1 is 1.00 bits per heavy atom. The van der Waals surface area contributed by atoms with Crippen molar-refractivity contribution in [3.8, 4) is 23.0 Å². The zero-order valence-electron chi connectivity index (χ0n) is 16.9. The summed E-state index contributed by atoms with van der Waals surface area (Å²) in [6.07, 6.45) is 2.42. The van der Waals surface area contributed by atoms with E-state index in [9.17, 15) is 5.11 Å². The summed E-state index contributed by atoms with van der Waals surface area (Å²) in [5.41, 5.74) is 3.00. The molecule has 6 nitrogen and oxygen atoms in total. The molecule has 0 saturated carbocycles. The number of piperazine rings is 1. The quantitative estimate of drug-likeness (QED) is 0.726. The molecule has 0 radical (unpaired) electrons. The maximum Gasteiger partial charge on any atom is 0.231 e. The van der Waals surface area contributed by atoms with Crippen LogP contribution in [-0.2, 0) is 19.5 Å². The summed E-state index contributed by atoms with van der Waals surface area (Å²) in [4.78, 5) is 4.82. The molecule has 0 amide bonds. The highest BCUT2D eigenvalue weighted by Crippen LogP contribution is 2.33. The van der Waals surface area contributed by atoms with E-state index in [1.54, 1.807) is 13.2 Å². The third-order valence-electron chi connectivity index (χ3n) is 5.54. The van der Waals surface area contributed by atoms with Crippen LogP contribution in [0.3, 0.4) is 0 Å². The lowest BCUT2D eigenvalue weighted by molar-refractivity contribution is 0.121. The Balaban J connectivity index is 1.35. The number of benzene rings is 2. The second-order valence-electron chi connectivity index (χ2n) is 7.53. The number of phenols is 1. The van der Waals surface area contributed by atoms with Crippen molar-refractivity contribution in [2.24, 2.45) is 0 Å². The number of ether oxygens (including phenoxy) is 3. The number of nitrogens with zero attached hydrogens (tertiary/aromatic N) is 2. The number of hydrogen-bond acceptors (Lipinski definition) is 6. The average Bonchev–Trinajstić information content (AvgIpc) is 3.20. The largest absolute Gasteiger partial charge is 0.507 e. The molecular weight excluding hydrogens is 368 g/mol. The van der Waals surface area contributed by atoms with E-state index in [1.165, 1.54) is 5.56 Å². The zero-order valence-corrected chi connectivity index (χ0v) is 16.9. The van der Waals surface area contributed by atoms with Gasteiger partial charge in [0.2, 0.25) is 6.79 Å². The number of rotatable bonds is 7. The number of fused-ring (bicyclic) bond motifs is 1. The van der Waals surface area contributed by atoms with Crippen LogP contribution in [0.25, 0.3) is 0 Å². The Labute approximate surface area is 171 Å². The zero-order chi connectivity index (χ0) is 20.2. The smallest absolute Gasteiger partial charge is 0.231 e. The number of methoxy groups -OCH3 is 1. The van der Waals surface area contributed by atoms with Gasteiger partial charge in [-0.2, -0.15) is 0 Å². The number of phenolic OH excluding ortho intramolecular Hbond substituents is 1. The third kappa shape index (κ3) is 4.49. The molecule has 0 spiro atoms. The summed E-state index contributed by atoms with van der Waals surface area (Å²) in [7, 11) is 1.66. The van der Waals surface area contributed by atoms with Crippen LogP contribution in [0.1, 0.15) is 16.7 Å². The summed E-state index contributed by atoms with van der Waals surface area (Å²) >= 11 is 0. The van der Waals surface area contributed by atoms with Gasteiger partial charge >= 0.3 is 0 Å². The van der Waals surface area contributed by atoms with Crippen molar-refractivity contribution in [1.29, 1.82) is 0 Å².